The molecule has 1 rings (SSSR count). The summed E-state index contributed by atoms with van der Waals surface area (Å²) >= 11 is 0. The number of nitro benzene ring substituents is 1. The molecular formula is C8H8N2O4. The molecule has 0 saturated heterocycles. The topological polar surface area (TPSA) is 81.5 Å². The van der Waals surface area contributed by atoms with Gasteiger partial charge in [0.15, 0.2) is 0 Å². The standard InChI is InChI=1S/C8H8N2O4/c1-9-8(11)14-7-4-2-6(3-5-7)10(12)13/h2-5H,1H3,(H,9,11)/i1D3. The van der Waals surface area contributed by atoms with Crippen molar-refractivity contribution in [2.75, 3.05) is 6.98 Å². The first-order valence-corrected chi connectivity index (χ1v) is 3.52. The number of carbonyl (C=O) groups is 1. The Bertz CT molecular complexity index is 429. The van der Waals surface area contributed by atoms with Crippen LogP contribution < -0.4 is 10.1 Å². The highest BCUT2D eigenvalue weighted by molar-refractivity contribution is 5.69. The lowest BCUT2D eigenvalue weighted by Crippen LogP contribution is -2.21. The lowest BCUT2D eigenvalue weighted by molar-refractivity contribution is -0.384. The van der Waals surface area contributed by atoms with Crippen molar-refractivity contribution in [3.8, 4) is 5.75 Å². The van der Waals surface area contributed by atoms with E-state index in [1.165, 1.54) is 12.1 Å². The van der Waals surface area contributed by atoms with Crippen molar-refractivity contribution in [1.82, 2.24) is 5.32 Å². The highest BCUT2D eigenvalue weighted by Crippen LogP contribution is 2.17. The number of hydrogen-bond acceptors (Lipinski definition) is 4. The quantitative estimate of drug-likeness (QED) is 0.575. The molecule has 1 aromatic carbocycles. The minimum Gasteiger partial charge on any atom is -0.410 e. The maximum atomic E-state index is 11.0. The number of nitrogens with one attached hydrogen (secondary N) is 1. The van der Waals surface area contributed by atoms with Crippen molar-refractivity contribution in [3.63, 3.8) is 0 Å². The third-order valence-corrected chi connectivity index (χ3v) is 1.36. The Balaban J connectivity index is 2.64. The summed E-state index contributed by atoms with van der Waals surface area (Å²) in [4.78, 5) is 20.7. The van der Waals surface area contributed by atoms with Crippen molar-refractivity contribution in [2.45, 2.75) is 0 Å². The van der Waals surface area contributed by atoms with Crippen LogP contribution in [0.15, 0.2) is 24.3 Å². The number of nitrogens with zero attached hydrogens (tertiary/aromatic N) is 1. The highest BCUT2D eigenvalue weighted by Gasteiger charge is 2.06. The molecule has 6 heteroatoms. The fraction of sp³-hybridized carbons (Fsp3) is 0.125. The summed E-state index contributed by atoms with van der Waals surface area (Å²) < 4.78 is 24.8. The van der Waals surface area contributed by atoms with Crippen LogP contribution in [0.2, 0.25) is 0 Å². The van der Waals surface area contributed by atoms with E-state index in [1.807, 2.05) is 0 Å². The zero-order valence-electron chi connectivity index (χ0n) is 9.89. The van der Waals surface area contributed by atoms with Gasteiger partial charge in [0.05, 0.1) is 4.92 Å². The second kappa shape index (κ2) is 4.22. The van der Waals surface area contributed by atoms with Crippen molar-refractivity contribution >= 4 is 11.8 Å². The van der Waals surface area contributed by atoms with Gasteiger partial charge in [-0.2, -0.15) is 0 Å². The Morgan fingerprint density at radius 2 is 2.21 bits per heavy atom. The molecule has 0 atom stereocenters. The molecule has 6 nitrogen and oxygen atoms in total. The normalized spacial score (nSPS) is 13.3. The average Bonchev–Trinajstić information content (AvgIpc) is 2.15. The summed E-state index contributed by atoms with van der Waals surface area (Å²) in [6.07, 6.45) is -1.15. The van der Waals surface area contributed by atoms with Crippen LogP contribution in [0, 0.1) is 10.1 Å². The average molecular weight is 199 g/mol. The van der Waals surface area contributed by atoms with Gasteiger partial charge in [-0.3, -0.25) is 10.1 Å². The van der Waals surface area contributed by atoms with E-state index in [1.54, 1.807) is 5.32 Å². The number of benzene rings is 1. The third-order valence-electron chi connectivity index (χ3n) is 1.36. The van der Waals surface area contributed by atoms with Gasteiger partial charge >= 0.3 is 6.09 Å². The molecule has 0 aliphatic carbocycles. The van der Waals surface area contributed by atoms with Gasteiger partial charge in [0, 0.05) is 23.2 Å². The largest absolute Gasteiger partial charge is 0.412 e. The lowest BCUT2D eigenvalue weighted by atomic mass is 10.3. The van der Waals surface area contributed by atoms with E-state index in [9.17, 15) is 14.9 Å². The number of nitro groups is 1. The zero-order chi connectivity index (χ0) is 13.1. The van der Waals surface area contributed by atoms with Gasteiger partial charge < -0.3 is 10.1 Å². The van der Waals surface area contributed by atoms with Crippen LogP contribution in [0.5, 0.6) is 5.75 Å². The summed E-state index contributed by atoms with van der Waals surface area (Å²) in [6, 6.07) is 4.66. The molecule has 0 aliphatic heterocycles. The van der Waals surface area contributed by atoms with E-state index in [2.05, 4.69) is 4.74 Å². The smallest absolute Gasteiger partial charge is 0.410 e. The summed E-state index contributed by atoms with van der Waals surface area (Å²) in [6.45, 7) is -2.64. The highest BCUT2D eigenvalue weighted by atomic mass is 16.6. The second-order valence-electron chi connectivity index (χ2n) is 2.27. The van der Waals surface area contributed by atoms with Crippen LogP contribution in [-0.2, 0) is 0 Å². The summed E-state index contributed by atoms with van der Waals surface area (Å²) in [5.74, 6) is 0.0114. The molecule has 74 valence electrons. The Morgan fingerprint density at radius 3 is 2.71 bits per heavy atom. The van der Waals surface area contributed by atoms with Crippen molar-refractivity contribution in [3.05, 3.63) is 34.4 Å². The first-order valence-electron chi connectivity index (χ1n) is 5.02. The van der Waals surface area contributed by atoms with Crippen molar-refractivity contribution < 1.29 is 18.6 Å². The first kappa shape index (κ1) is 6.36. The molecular weight excluding hydrogens is 188 g/mol. The first-order chi connectivity index (χ1) is 7.78. The van der Waals surface area contributed by atoms with E-state index in [-0.39, 0.29) is 11.4 Å². The molecule has 0 bridgehead atoms. The Hall–Kier alpha value is -2.11. The van der Waals surface area contributed by atoms with Crippen LogP contribution in [0.3, 0.4) is 0 Å². The van der Waals surface area contributed by atoms with E-state index in [0.717, 1.165) is 12.1 Å². The molecule has 0 aromatic heterocycles. The number of ether oxygens (including phenoxy) is 1. The van der Waals surface area contributed by atoms with E-state index in [4.69, 9.17) is 4.11 Å². The molecule has 0 saturated carbocycles. The third kappa shape index (κ3) is 2.44. The van der Waals surface area contributed by atoms with Gasteiger partial charge in [0.2, 0.25) is 0 Å². The molecule has 0 radical (unpaired) electrons. The van der Waals surface area contributed by atoms with E-state index < -0.39 is 18.0 Å². The van der Waals surface area contributed by atoms with Gasteiger partial charge in [0.25, 0.3) is 5.69 Å². The van der Waals surface area contributed by atoms with Gasteiger partial charge in [-0.1, -0.05) is 0 Å². The van der Waals surface area contributed by atoms with Gasteiger partial charge in [-0.05, 0) is 12.1 Å². The van der Waals surface area contributed by atoms with Gasteiger partial charge in [0.1, 0.15) is 5.75 Å². The Labute approximate surface area is 83.9 Å². The van der Waals surface area contributed by atoms with Crippen molar-refractivity contribution in [1.29, 1.82) is 0 Å². The molecule has 0 aliphatic rings. The van der Waals surface area contributed by atoms with E-state index in [0.29, 0.717) is 0 Å². The van der Waals surface area contributed by atoms with Gasteiger partial charge in [-0.15, -0.1) is 0 Å². The number of hydrogen-bond donors (Lipinski definition) is 1. The van der Waals surface area contributed by atoms with Crippen LogP contribution in [0.4, 0.5) is 10.5 Å². The summed E-state index contributed by atoms with van der Waals surface area (Å²) in [5.41, 5.74) is -0.159. The number of rotatable bonds is 2. The SMILES string of the molecule is [2H]C([2H])([2H])NC(=O)Oc1ccc([N+](=O)[O-])cc1. The number of amides is 1. The number of non-ortho nitro benzene ring substituents is 1. The molecule has 0 heterocycles. The maximum absolute atomic E-state index is 11.0. The van der Waals surface area contributed by atoms with E-state index >= 15 is 0 Å². The van der Waals surface area contributed by atoms with Crippen LogP contribution in [0.25, 0.3) is 0 Å². The number of carbonyl (C=O) groups excluding carboxylic acids is 1. The zero-order valence-corrected chi connectivity index (χ0v) is 6.89. The Morgan fingerprint density at radius 1 is 1.57 bits per heavy atom. The van der Waals surface area contributed by atoms with Crippen LogP contribution in [-0.4, -0.2) is 18.0 Å². The fourth-order valence-corrected chi connectivity index (χ4v) is 0.768. The molecule has 14 heavy (non-hydrogen) atoms. The fourth-order valence-electron chi connectivity index (χ4n) is 0.768. The summed E-state index contributed by atoms with van der Waals surface area (Å²) in [5, 5.41) is 11.9. The monoisotopic (exact) mass is 199 g/mol. The predicted molar refractivity (Wildman–Crippen MR) is 48.2 cm³/mol. The molecule has 1 aromatic rings. The Kier molecular flexibility index (Phi) is 1.92. The molecule has 1 amide bonds. The van der Waals surface area contributed by atoms with Crippen molar-refractivity contribution in [2.24, 2.45) is 0 Å². The summed E-state index contributed by atoms with van der Waals surface area (Å²) in [7, 11) is 0. The van der Waals surface area contributed by atoms with Crippen LogP contribution in [0.1, 0.15) is 4.11 Å². The van der Waals surface area contributed by atoms with Gasteiger partial charge in [-0.25, -0.2) is 4.79 Å². The lowest BCUT2D eigenvalue weighted by Gasteiger charge is -2.01. The minimum absolute atomic E-state index is 0.0114. The molecule has 0 fully saturated rings. The predicted octanol–water partition coefficient (Wildman–Crippen LogP) is 1.31. The second-order valence-corrected chi connectivity index (χ2v) is 2.27. The van der Waals surface area contributed by atoms with Crippen LogP contribution >= 0.6 is 0 Å². The molecule has 1 N–H and O–H groups in total. The molecule has 0 unspecified atom stereocenters. The molecule has 0 spiro atoms. The minimum atomic E-state index is -2.64. The maximum Gasteiger partial charge on any atom is 0.412 e.